The van der Waals surface area contributed by atoms with Crippen molar-refractivity contribution in [2.75, 3.05) is 13.1 Å². The minimum atomic E-state index is 0.244. The molecule has 4 nitrogen and oxygen atoms in total. The molecule has 5 heteroatoms. The molecule has 0 bridgehead atoms. The number of hydrogen-bond donors (Lipinski definition) is 1. The minimum Gasteiger partial charge on any atom is -0.341 e. The fourth-order valence-electron chi connectivity index (χ4n) is 2.23. The summed E-state index contributed by atoms with van der Waals surface area (Å²) in [6, 6.07) is 0.544. The molecule has 2 heterocycles. The van der Waals surface area contributed by atoms with Crippen molar-refractivity contribution in [2.24, 2.45) is 0 Å². The van der Waals surface area contributed by atoms with Crippen LogP contribution in [-0.2, 0) is 4.79 Å². The SMILES string of the molecule is CC(CN1CCCC1=O)NC(C)c1cscn1. The number of carbonyl (C=O) groups excluding carboxylic acids is 1. The predicted molar refractivity (Wildman–Crippen MR) is 68.9 cm³/mol. The number of amides is 1. The summed E-state index contributed by atoms with van der Waals surface area (Å²) in [6.07, 6.45) is 1.72. The lowest BCUT2D eigenvalue weighted by Gasteiger charge is -2.24. The smallest absolute Gasteiger partial charge is 0.222 e. The van der Waals surface area contributed by atoms with E-state index in [1.165, 1.54) is 0 Å². The van der Waals surface area contributed by atoms with Gasteiger partial charge in [0.25, 0.3) is 0 Å². The number of rotatable bonds is 5. The van der Waals surface area contributed by atoms with Gasteiger partial charge in [-0.2, -0.15) is 0 Å². The van der Waals surface area contributed by atoms with Crippen LogP contribution in [-0.4, -0.2) is 34.9 Å². The standard InChI is InChI=1S/C12H19N3OS/c1-9(6-15-5-3-4-12(15)16)14-10(2)11-7-17-8-13-11/h7-10,14H,3-6H2,1-2H3. The molecule has 1 saturated heterocycles. The molecule has 2 unspecified atom stereocenters. The molecule has 1 aromatic heterocycles. The third-order valence-corrected chi connectivity index (χ3v) is 3.70. The van der Waals surface area contributed by atoms with Crippen molar-refractivity contribution in [1.29, 1.82) is 0 Å². The zero-order valence-corrected chi connectivity index (χ0v) is 11.2. The van der Waals surface area contributed by atoms with Crippen molar-refractivity contribution in [1.82, 2.24) is 15.2 Å². The summed E-state index contributed by atoms with van der Waals surface area (Å²) in [6.45, 7) is 5.94. The van der Waals surface area contributed by atoms with E-state index in [0.717, 1.165) is 25.2 Å². The molecule has 2 rings (SSSR count). The molecule has 1 N–H and O–H groups in total. The van der Waals surface area contributed by atoms with Crippen LogP contribution in [0.15, 0.2) is 10.9 Å². The number of nitrogens with one attached hydrogen (secondary N) is 1. The fourth-order valence-corrected chi connectivity index (χ4v) is 2.88. The maximum absolute atomic E-state index is 11.5. The normalized spacial score (nSPS) is 19.6. The van der Waals surface area contributed by atoms with Crippen LogP contribution in [0.1, 0.15) is 38.4 Å². The molecule has 17 heavy (non-hydrogen) atoms. The highest BCUT2D eigenvalue weighted by molar-refractivity contribution is 7.07. The van der Waals surface area contributed by atoms with Crippen molar-refractivity contribution in [2.45, 2.75) is 38.8 Å². The van der Waals surface area contributed by atoms with Crippen LogP contribution in [0.4, 0.5) is 0 Å². The highest BCUT2D eigenvalue weighted by atomic mass is 32.1. The van der Waals surface area contributed by atoms with Crippen molar-refractivity contribution < 1.29 is 4.79 Å². The topological polar surface area (TPSA) is 45.2 Å². The largest absolute Gasteiger partial charge is 0.341 e. The van der Waals surface area contributed by atoms with Gasteiger partial charge in [0.2, 0.25) is 5.91 Å². The van der Waals surface area contributed by atoms with Crippen LogP contribution in [0.25, 0.3) is 0 Å². The summed E-state index contributed by atoms with van der Waals surface area (Å²) in [5, 5.41) is 5.54. The first kappa shape index (κ1) is 12.5. The quantitative estimate of drug-likeness (QED) is 0.870. The Morgan fingerprint density at radius 1 is 1.59 bits per heavy atom. The first-order valence-corrected chi connectivity index (χ1v) is 7.03. The van der Waals surface area contributed by atoms with Crippen LogP contribution in [0, 0.1) is 0 Å². The Morgan fingerprint density at radius 3 is 3.00 bits per heavy atom. The van der Waals surface area contributed by atoms with Gasteiger partial charge in [0.15, 0.2) is 0 Å². The van der Waals surface area contributed by atoms with Crippen molar-refractivity contribution >= 4 is 17.2 Å². The van der Waals surface area contributed by atoms with E-state index in [1.54, 1.807) is 11.3 Å². The van der Waals surface area contributed by atoms with Gasteiger partial charge >= 0.3 is 0 Å². The molecule has 0 saturated carbocycles. The van der Waals surface area contributed by atoms with Crippen LogP contribution in [0.2, 0.25) is 0 Å². The number of thiazole rings is 1. The zero-order chi connectivity index (χ0) is 12.3. The monoisotopic (exact) mass is 253 g/mol. The molecular formula is C12H19N3OS. The highest BCUT2D eigenvalue weighted by Crippen LogP contribution is 2.14. The molecule has 0 aromatic carbocycles. The molecule has 2 atom stereocenters. The number of aromatic nitrogens is 1. The van der Waals surface area contributed by atoms with Gasteiger partial charge in [-0.25, -0.2) is 4.98 Å². The van der Waals surface area contributed by atoms with Gasteiger partial charge in [-0.3, -0.25) is 4.79 Å². The molecule has 1 aliphatic heterocycles. The Balaban J connectivity index is 1.80. The first-order chi connectivity index (χ1) is 8.16. The average molecular weight is 253 g/mol. The summed E-state index contributed by atoms with van der Waals surface area (Å²) in [7, 11) is 0. The molecule has 1 aliphatic rings. The third-order valence-electron chi connectivity index (χ3n) is 3.10. The zero-order valence-electron chi connectivity index (χ0n) is 10.3. The molecular weight excluding hydrogens is 234 g/mol. The Labute approximate surface area is 106 Å². The molecule has 0 aliphatic carbocycles. The second-order valence-corrected chi connectivity index (χ2v) is 5.36. The van der Waals surface area contributed by atoms with Crippen molar-refractivity contribution in [3.63, 3.8) is 0 Å². The van der Waals surface area contributed by atoms with E-state index in [0.29, 0.717) is 18.4 Å². The van der Waals surface area contributed by atoms with Gasteiger partial charge in [0, 0.05) is 37.0 Å². The number of carbonyl (C=O) groups is 1. The van der Waals surface area contributed by atoms with Gasteiger partial charge in [-0.15, -0.1) is 11.3 Å². The van der Waals surface area contributed by atoms with E-state index >= 15 is 0 Å². The van der Waals surface area contributed by atoms with E-state index in [2.05, 4.69) is 29.5 Å². The van der Waals surface area contributed by atoms with E-state index in [-0.39, 0.29) is 6.04 Å². The lowest BCUT2D eigenvalue weighted by molar-refractivity contribution is -0.127. The molecule has 0 spiro atoms. The van der Waals surface area contributed by atoms with Crippen molar-refractivity contribution in [3.8, 4) is 0 Å². The van der Waals surface area contributed by atoms with E-state index in [9.17, 15) is 4.79 Å². The number of nitrogens with zero attached hydrogens (tertiary/aromatic N) is 2. The third kappa shape index (κ3) is 3.26. The number of likely N-dealkylation sites (tertiary alicyclic amines) is 1. The lowest BCUT2D eigenvalue weighted by atomic mass is 10.2. The van der Waals surface area contributed by atoms with Crippen LogP contribution < -0.4 is 5.32 Å². The Morgan fingerprint density at radius 2 is 2.41 bits per heavy atom. The van der Waals surface area contributed by atoms with Gasteiger partial charge in [0.05, 0.1) is 11.2 Å². The van der Waals surface area contributed by atoms with Gasteiger partial charge < -0.3 is 10.2 Å². The van der Waals surface area contributed by atoms with Crippen LogP contribution >= 0.6 is 11.3 Å². The van der Waals surface area contributed by atoms with Crippen molar-refractivity contribution in [3.05, 3.63) is 16.6 Å². The summed E-state index contributed by atoms with van der Waals surface area (Å²) < 4.78 is 0. The minimum absolute atomic E-state index is 0.244. The van der Waals surface area contributed by atoms with E-state index < -0.39 is 0 Å². The lowest BCUT2D eigenvalue weighted by Crippen LogP contribution is -2.40. The highest BCUT2D eigenvalue weighted by Gasteiger charge is 2.22. The molecule has 1 amide bonds. The van der Waals surface area contributed by atoms with E-state index in [1.807, 2.05) is 10.4 Å². The molecule has 0 radical (unpaired) electrons. The number of hydrogen-bond acceptors (Lipinski definition) is 4. The summed E-state index contributed by atoms with van der Waals surface area (Å²) in [4.78, 5) is 17.8. The van der Waals surface area contributed by atoms with Crippen LogP contribution in [0.3, 0.4) is 0 Å². The average Bonchev–Trinajstić information content (AvgIpc) is 2.90. The van der Waals surface area contributed by atoms with Gasteiger partial charge in [0.1, 0.15) is 0 Å². The molecule has 1 fully saturated rings. The maximum Gasteiger partial charge on any atom is 0.222 e. The van der Waals surface area contributed by atoms with Gasteiger partial charge in [-0.05, 0) is 20.3 Å². The molecule has 94 valence electrons. The Kier molecular flexibility index (Phi) is 4.12. The van der Waals surface area contributed by atoms with Gasteiger partial charge in [-0.1, -0.05) is 0 Å². The summed E-state index contributed by atoms with van der Waals surface area (Å²) >= 11 is 1.61. The first-order valence-electron chi connectivity index (χ1n) is 6.08. The Hall–Kier alpha value is -0.940. The summed E-state index contributed by atoms with van der Waals surface area (Å²) in [5.74, 6) is 0.292. The Bertz CT molecular complexity index is 366. The second kappa shape index (κ2) is 5.60. The second-order valence-electron chi connectivity index (χ2n) is 4.65. The van der Waals surface area contributed by atoms with Crippen LogP contribution in [0.5, 0.6) is 0 Å². The fraction of sp³-hybridized carbons (Fsp3) is 0.667. The predicted octanol–water partition coefficient (Wildman–Crippen LogP) is 1.80. The maximum atomic E-state index is 11.5. The van der Waals surface area contributed by atoms with E-state index in [4.69, 9.17) is 0 Å². The summed E-state index contributed by atoms with van der Waals surface area (Å²) in [5.41, 5.74) is 2.93. The molecule has 1 aromatic rings.